The second kappa shape index (κ2) is 6.31. The number of halogens is 1. The minimum absolute atomic E-state index is 0.0566. The Morgan fingerprint density at radius 1 is 1.48 bits per heavy atom. The van der Waals surface area contributed by atoms with Gasteiger partial charge in [-0.15, -0.1) is 0 Å². The van der Waals surface area contributed by atoms with Gasteiger partial charge in [0.25, 0.3) is 0 Å². The van der Waals surface area contributed by atoms with E-state index in [-0.39, 0.29) is 10.6 Å². The summed E-state index contributed by atoms with van der Waals surface area (Å²) in [4.78, 5) is 21.5. The summed E-state index contributed by atoms with van der Waals surface area (Å²) in [6.07, 6.45) is 0. The first-order valence-electron chi connectivity index (χ1n) is 5.85. The molecule has 0 saturated carbocycles. The van der Waals surface area contributed by atoms with E-state index >= 15 is 0 Å². The summed E-state index contributed by atoms with van der Waals surface area (Å²) in [6, 6.07) is 5.43. The van der Waals surface area contributed by atoms with Crippen molar-refractivity contribution in [3.05, 3.63) is 56.7 Å². The van der Waals surface area contributed by atoms with Crippen molar-refractivity contribution < 1.29 is 18.8 Å². The first kappa shape index (κ1) is 14.9. The van der Waals surface area contributed by atoms with Crippen molar-refractivity contribution in [1.82, 2.24) is 0 Å². The Balaban J connectivity index is 2.09. The van der Waals surface area contributed by atoms with Gasteiger partial charge in [0.1, 0.15) is 5.82 Å². The van der Waals surface area contributed by atoms with Crippen LogP contribution in [0.25, 0.3) is 0 Å². The fourth-order valence-electron chi connectivity index (χ4n) is 1.66. The molecular weight excluding hydrogens is 299 g/mol. The van der Waals surface area contributed by atoms with Crippen LogP contribution in [0.5, 0.6) is 0 Å². The van der Waals surface area contributed by atoms with Crippen molar-refractivity contribution in [2.24, 2.45) is 0 Å². The maximum atomic E-state index is 13.5. The van der Waals surface area contributed by atoms with Crippen molar-refractivity contribution in [2.75, 3.05) is 12.4 Å². The van der Waals surface area contributed by atoms with E-state index in [1.165, 1.54) is 25.3 Å². The highest BCUT2D eigenvalue weighted by Crippen LogP contribution is 2.23. The van der Waals surface area contributed by atoms with Crippen molar-refractivity contribution in [3.63, 3.8) is 0 Å². The maximum Gasteiger partial charge on any atom is 0.340 e. The third kappa shape index (κ3) is 3.54. The average Bonchev–Trinajstić information content (AvgIpc) is 2.94. The van der Waals surface area contributed by atoms with E-state index in [4.69, 9.17) is 0 Å². The quantitative estimate of drug-likeness (QED) is 0.521. The monoisotopic (exact) mass is 310 g/mol. The number of rotatable bonds is 5. The Morgan fingerprint density at radius 2 is 2.24 bits per heavy atom. The molecule has 0 aliphatic heterocycles. The minimum atomic E-state index is -0.762. The molecule has 21 heavy (non-hydrogen) atoms. The van der Waals surface area contributed by atoms with Gasteiger partial charge in [-0.25, -0.2) is 9.18 Å². The van der Waals surface area contributed by atoms with Crippen molar-refractivity contribution in [3.8, 4) is 0 Å². The number of anilines is 1. The zero-order valence-electron chi connectivity index (χ0n) is 11.0. The molecule has 0 aliphatic rings. The summed E-state index contributed by atoms with van der Waals surface area (Å²) in [5, 5.41) is 15.3. The number of carbonyl (C=O) groups is 1. The molecule has 1 N–H and O–H groups in total. The molecular formula is C13H11FN2O4S. The van der Waals surface area contributed by atoms with Gasteiger partial charge >= 0.3 is 11.0 Å². The number of thiophene rings is 1. The number of carbonyl (C=O) groups excluding carboxylic acids is 1. The summed E-state index contributed by atoms with van der Waals surface area (Å²) in [5.74, 6) is -1.43. The number of benzene rings is 1. The van der Waals surface area contributed by atoms with E-state index in [9.17, 15) is 19.3 Å². The van der Waals surface area contributed by atoms with Gasteiger partial charge in [-0.05, 0) is 23.8 Å². The highest BCUT2D eigenvalue weighted by Gasteiger charge is 2.13. The molecule has 0 bridgehead atoms. The van der Waals surface area contributed by atoms with E-state index < -0.39 is 16.7 Å². The molecule has 1 aromatic carbocycles. The number of nitrogens with one attached hydrogen (secondary N) is 1. The Labute approximate surface area is 123 Å². The molecule has 0 saturated heterocycles. The van der Waals surface area contributed by atoms with Gasteiger partial charge in [-0.2, -0.15) is 0 Å². The molecule has 2 aromatic rings. The van der Waals surface area contributed by atoms with Crippen LogP contribution in [0.4, 0.5) is 15.1 Å². The average molecular weight is 310 g/mol. The molecule has 0 amide bonds. The summed E-state index contributed by atoms with van der Waals surface area (Å²) < 4.78 is 17.9. The third-order valence-corrected chi connectivity index (χ3v) is 3.62. The smallest absolute Gasteiger partial charge is 0.340 e. The summed E-state index contributed by atoms with van der Waals surface area (Å²) >= 11 is 1.03. The van der Waals surface area contributed by atoms with Crippen LogP contribution in [0, 0.1) is 15.9 Å². The van der Waals surface area contributed by atoms with Crippen LogP contribution in [0.1, 0.15) is 15.9 Å². The second-order valence-corrected chi connectivity index (χ2v) is 4.98. The highest BCUT2D eigenvalue weighted by atomic mass is 32.1. The molecule has 0 atom stereocenters. The maximum absolute atomic E-state index is 13.5. The van der Waals surface area contributed by atoms with Gasteiger partial charge in [-0.1, -0.05) is 11.3 Å². The predicted molar refractivity (Wildman–Crippen MR) is 76.0 cm³/mol. The van der Waals surface area contributed by atoms with Crippen molar-refractivity contribution in [2.45, 2.75) is 6.54 Å². The van der Waals surface area contributed by atoms with Gasteiger partial charge in [0, 0.05) is 23.7 Å². The van der Waals surface area contributed by atoms with Gasteiger partial charge in [0.05, 0.1) is 17.6 Å². The van der Waals surface area contributed by atoms with Gasteiger partial charge in [0.2, 0.25) is 0 Å². The lowest BCUT2D eigenvalue weighted by molar-refractivity contribution is -0.380. The SMILES string of the molecule is COC(=O)c1cc(NCc2csc([N+](=O)[O-])c2)ccc1F. The second-order valence-electron chi connectivity index (χ2n) is 4.09. The van der Waals surface area contributed by atoms with E-state index in [0.717, 1.165) is 23.0 Å². The number of nitro groups is 1. The molecule has 0 fully saturated rings. The molecule has 8 heteroatoms. The topological polar surface area (TPSA) is 81.5 Å². The zero-order valence-corrected chi connectivity index (χ0v) is 11.8. The van der Waals surface area contributed by atoms with Crippen molar-refractivity contribution >= 4 is 28.0 Å². The van der Waals surface area contributed by atoms with Crippen LogP contribution in [0.15, 0.2) is 29.6 Å². The Kier molecular flexibility index (Phi) is 4.49. The van der Waals surface area contributed by atoms with E-state index in [2.05, 4.69) is 10.1 Å². The van der Waals surface area contributed by atoms with Gasteiger partial charge in [0.15, 0.2) is 0 Å². The van der Waals surface area contributed by atoms with Crippen LogP contribution in [0.3, 0.4) is 0 Å². The molecule has 0 spiro atoms. The molecule has 1 aromatic heterocycles. The molecule has 0 unspecified atom stereocenters. The van der Waals surface area contributed by atoms with Gasteiger partial charge in [-0.3, -0.25) is 10.1 Å². The Hall–Kier alpha value is -2.48. The minimum Gasteiger partial charge on any atom is -0.465 e. The fraction of sp³-hybridized carbons (Fsp3) is 0.154. The van der Waals surface area contributed by atoms with Crippen LogP contribution < -0.4 is 5.32 Å². The van der Waals surface area contributed by atoms with Crippen molar-refractivity contribution in [1.29, 1.82) is 0 Å². The number of methoxy groups -OCH3 is 1. The van der Waals surface area contributed by atoms with E-state index in [1.54, 1.807) is 5.38 Å². The first-order chi connectivity index (χ1) is 10.0. The Bertz CT molecular complexity index is 687. The predicted octanol–water partition coefficient (Wildman–Crippen LogP) is 3.19. The summed E-state index contributed by atoms with van der Waals surface area (Å²) in [5.41, 5.74) is 1.08. The molecule has 0 radical (unpaired) electrons. The van der Waals surface area contributed by atoms with Crippen LogP contribution in [0.2, 0.25) is 0 Å². The normalized spacial score (nSPS) is 10.2. The van der Waals surface area contributed by atoms with Crippen LogP contribution in [-0.4, -0.2) is 18.0 Å². The lowest BCUT2D eigenvalue weighted by Crippen LogP contribution is -2.06. The Morgan fingerprint density at radius 3 is 2.86 bits per heavy atom. The first-order valence-corrected chi connectivity index (χ1v) is 6.72. The zero-order chi connectivity index (χ0) is 15.4. The fourth-order valence-corrected chi connectivity index (χ4v) is 2.39. The molecule has 1 heterocycles. The number of hydrogen-bond donors (Lipinski definition) is 1. The molecule has 2 rings (SSSR count). The summed E-state index contributed by atoms with van der Waals surface area (Å²) in [7, 11) is 1.17. The van der Waals surface area contributed by atoms with Gasteiger partial charge < -0.3 is 10.1 Å². The molecule has 110 valence electrons. The van der Waals surface area contributed by atoms with Crippen LogP contribution in [-0.2, 0) is 11.3 Å². The highest BCUT2D eigenvalue weighted by molar-refractivity contribution is 7.13. The third-order valence-electron chi connectivity index (χ3n) is 2.69. The standard InChI is InChI=1S/C13H11FN2O4S/c1-20-13(17)10-5-9(2-3-11(10)14)15-6-8-4-12(16(18)19)21-7-8/h2-5,7,15H,6H2,1H3. The largest absolute Gasteiger partial charge is 0.465 e. The number of nitrogens with zero attached hydrogens (tertiary/aromatic N) is 1. The van der Waals surface area contributed by atoms with E-state index in [1.807, 2.05) is 0 Å². The summed E-state index contributed by atoms with van der Waals surface area (Å²) in [6.45, 7) is 0.330. The number of hydrogen-bond acceptors (Lipinski definition) is 6. The lowest BCUT2D eigenvalue weighted by Gasteiger charge is -2.07. The number of esters is 1. The lowest BCUT2D eigenvalue weighted by atomic mass is 10.2. The number of ether oxygens (including phenoxy) is 1. The van der Waals surface area contributed by atoms with E-state index in [0.29, 0.717) is 12.2 Å². The molecule has 6 nitrogen and oxygen atoms in total. The van der Waals surface area contributed by atoms with Crippen LogP contribution >= 0.6 is 11.3 Å². The molecule has 0 aliphatic carbocycles.